The fourth-order valence-electron chi connectivity index (χ4n) is 1.53. The molecule has 0 aliphatic rings. The summed E-state index contributed by atoms with van der Waals surface area (Å²) in [4.78, 5) is -0.816. The first kappa shape index (κ1) is 14.6. The van der Waals surface area contributed by atoms with Crippen molar-refractivity contribution in [3.63, 3.8) is 0 Å². The van der Waals surface area contributed by atoms with Crippen molar-refractivity contribution in [3.8, 4) is 0 Å². The van der Waals surface area contributed by atoms with Gasteiger partial charge >= 0.3 is 0 Å². The van der Waals surface area contributed by atoms with Crippen molar-refractivity contribution < 1.29 is 26.7 Å². The van der Waals surface area contributed by atoms with Gasteiger partial charge in [0.15, 0.2) is 0 Å². The summed E-state index contributed by atoms with van der Waals surface area (Å²) < 4.78 is 56.9. The minimum absolute atomic E-state index is 0.160. The molecule has 0 saturated heterocycles. The van der Waals surface area contributed by atoms with Crippen LogP contribution in [0.2, 0.25) is 0 Å². The van der Waals surface area contributed by atoms with E-state index in [4.69, 9.17) is 4.42 Å². The van der Waals surface area contributed by atoms with Crippen LogP contribution in [0.15, 0.2) is 45.9 Å². The average molecular weight is 303 g/mol. The molecule has 0 aliphatic heterocycles. The molecular weight excluding hydrogens is 292 g/mol. The lowest BCUT2D eigenvalue weighted by molar-refractivity contribution is 0.154. The molecule has 1 unspecified atom stereocenters. The number of hydrogen-bond acceptors (Lipinski definition) is 4. The maximum atomic E-state index is 13.4. The summed E-state index contributed by atoms with van der Waals surface area (Å²) in [5, 5.41) is 9.66. The quantitative estimate of drug-likeness (QED) is 0.878. The van der Waals surface area contributed by atoms with E-state index in [-0.39, 0.29) is 5.76 Å². The second-order valence-electron chi connectivity index (χ2n) is 3.96. The van der Waals surface area contributed by atoms with Crippen LogP contribution < -0.4 is 4.72 Å². The number of rotatable bonds is 5. The lowest BCUT2D eigenvalue weighted by atomic mass is 10.3. The fourth-order valence-corrected chi connectivity index (χ4v) is 2.66. The van der Waals surface area contributed by atoms with Crippen molar-refractivity contribution in [2.75, 3.05) is 6.54 Å². The summed E-state index contributed by atoms with van der Waals surface area (Å²) >= 11 is 0. The van der Waals surface area contributed by atoms with Gasteiger partial charge in [0.05, 0.1) is 6.26 Å². The second kappa shape index (κ2) is 5.70. The Labute approximate surface area is 113 Å². The van der Waals surface area contributed by atoms with E-state index >= 15 is 0 Å². The number of benzene rings is 1. The Balaban J connectivity index is 2.13. The highest BCUT2D eigenvalue weighted by atomic mass is 32.2. The van der Waals surface area contributed by atoms with Gasteiger partial charge in [0.2, 0.25) is 10.0 Å². The molecule has 1 atom stereocenters. The summed E-state index contributed by atoms with van der Waals surface area (Å²) in [7, 11) is -4.27. The van der Waals surface area contributed by atoms with Gasteiger partial charge in [-0.15, -0.1) is 0 Å². The normalized spacial score (nSPS) is 13.3. The Morgan fingerprint density at radius 2 is 2.05 bits per heavy atom. The van der Waals surface area contributed by atoms with Gasteiger partial charge in [0.1, 0.15) is 28.4 Å². The molecule has 0 saturated carbocycles. The van der Waals surface area contributed by atoms with E-state index in [0.717, 1.165) is 6.07 Å². The first-order valence-corrected chi connectivity index (χ1v) is 7.04. The zero-order valence-electron chi connectivity index (χ0n) is 10.1. The molecule has 5 nitrogen and oxygen atoms in total. The summed E-state index contributed by atoms with van der Waals surface area (Å²) in [5.41, 5.74) is 0. The van der Waals surface area contributed by atoms with E-state index in [1.165, 1.54) is 18.4 Å². The van der Waals surface area contributed by atoms with E-state index in [9.17, 15) is 22.3 Å². The molecule has 108 valence electrons. The molecule has 0 radical (unpaired) electrons. The highest BCUT2D eigenvalue weighted by molar-refractivity contribution is 7.89. The number of sulfonamides is 1. The lowest BCUT2D eigenvalue weighted by Crippen LogP contribution is -2.29. The van der Waals surface area contributed by atoms with Gasteiger partial charge < -0.3 is 9.52 Å². The van der Waals surface area contributed by atoms with Gasteiger partial charge in [-0.1, -0.05) is 0 Å². The molecule has 0 spiro atoms. The SMILES string of the molecule is O=S(=O)(NCC(O)c1ccco1)c1cc(F)ccc1F. The van der Waals surface area contributed by atoms with Crippen molar-refractivity contribution in [1.29, 1.82) is 0 Å². The summed E-state index contributed by atoms with van der Waals surface area (Å²) in [6.45, 7) is -0.425. The molecule has 20 heavy (non-hydrogen) atoms. The first-order valence-electron chi connectivity index (χ1n) is 5.56. The van der Waals surface area contributed by atoms with Crippen LogP contribution in [0.5, 0.6) is 0 Å². The van der Waals surface area contributed by atoms with Crippen LogP contribution in [0.1, 0.15) is 11.9 Å². The van der Waals surface area contributed by atoms with Crippen LogP contribution in [-0.4, -0.2) is 20.1 Å². The number of furan rings is 1. The first-order chi connectivity index (χ1) is 9.40. The maximum Gasteiger partial charge on any atom is 0.243 e. The van der Waals surface area contributed by atoms with Gasteiger partial charge in [-0.2, -0.15) is 0 Å². The third kappa shape index (κ3) is 3.21. The molecule has 0 bridgehead atoms. The molecule has 0 fully saturated rings. The standard InChI is InChI=1S/C12H11F2NO4S/c13-8-3-4-9(14)12(6-8)20(17,18)15-7-10(16)11-2-1-5-19-11/h1-6,10,15-16H,7H2. The molecule has 1 heterocycles. The molecule has 2 N–H and O–H groups in total. The zero-order chi connectivity index (χ0) is 14.8. The van der Waals surface area contributed by atoms with Crippen molar-refractivity contribution in [2.24, 2.45) is 0 Å². The Bertz CT molecular complexity index is 685. The number of halogens is 2. The average Bonchev–Trinajstić information content (AvgIpc) is 2.93. The smallest absolute Gasteiger partial charge is 0.243 e. The van der Waals surface area contributed by atoms with E-state index < -0.39 is 39.2 Å². The van der Waals surface area contributed by atoms with E-state index in [1.807, 2.05) is 4.72 Å². The number of hydrogen-bond donors (Lipinski definition) is 2. The molecule has 8 heteroatoms. The number of aliphatic hydroxyl groups excluding tert-OH is 1. The molecular formula is C12H11F2NO4S. The maximum absolute atomic E-state index is 13.4. The molecule has 2 rings (SSSR count). The van der Waals surface area contributed by atoms with Gasteiger partial charge in [-0.05, 0) is 30.3 Å². The Morgan fingerprint density at radius 1 is 1.30 bits per heavy atom. The monoisotopic (exact) mass is 303 g/mol. The van der Waals surface area contributed by atoms with Crippen molar-refractivity contribution in [3.05, 3.63) is 54.0 Å². The fraction of sp³-hybridized carbons (Fsp3) is 0.167. The van der Waals surface area contributed by atoms with Gasteiger partial charge in [-0.25, -0.2) is 21.9 Å². The largest absolute Gasteiger partial charge is 0.467 e. The Morgan fingerprint density at radius 3 is 2.70 bits per heavy atom. The minimum atomic E-state index is -4.27. The molecule has 2 aromatic rings. The number of nitrogens with one attached hydrogen (secondary N) is 1. The third-order valence-electron chi connectivity index (χ3n) is 2.52. The van der Waals surface area contributed by atoms with Gasteiger partial charge in [0.25, 0.3) is 0 Å². The molecule has 0 amide bonds. The minimum Gasteiger partial charge on any atom is -0.467 e. The third-order valence-corrected chi connectivity index (χ3v) is 3.96. The predicted molar refractivity (Wildman–Crippen MR) is 65.2 cm³/mol. The van der Waals surface area contributed by atoms with Crippen molar-refractivity contribution >= 4 is 10.0 Å². The van der Waals surface area contributed by atoms with Gasteiger partial charge in [0, 0.05) is 6.54 Å². The molecule has 1 aromatic carbocycles. The number of aliphatic hydroxyl groups is 1. The lowest BCUT2D eigenvalue weighted by Gasteiger charge is -2.11. The van der Waals surface area contributed by atoms with Crippen molar-refractivity contribution in [2.45, 2.75) is 11.0 Å². The van der Waals surface area contributed by atoms with E-state index in [1.54, 1.807) is 0 Å². The van der Waals surface area contributed by atoms with Gasteiger partial charge in [-0.3, -0.25) is 0 Å². The van der Waals surface area contributed by atoms with Crippen molar-refractivity contribution in [1.82, 2.24) is 4.72 Å². The topological polar surface area (TPSA) is 79.5 Å². The van der Waals surface area contributed by atoms with Crippen LogP contribution in [0.25, 0.3) is 0 Å². The Hall–Kier alpha value is -1.77. The second-order valence-corrected chi connectivity index (χ2v) is 5.69. The van der Waals surface area contributed by atoms with Crippen LogP contribution in [0.3, 0.4) is 0 Å². The van der Waals surface area contributed by atoms with Crippen LogP contribution >= 0.6 is 0 Å². The summed E-state index contributed by atoms with van der Waals surface area (Å²) in [6, 6.07) is 5.08. The summed E-state index contributed by atoms with van der Waals surface area (Å²) in [5.74, 6) is -1.79. The zero-order valence-corrected chi connectivity index (χ0v) is 10.9. The van der Waals surface area contributed by atoms with Crippen LogP contribution in [-0.2, 0) is 10.0 Å². The van der Waals surface area contributed by atoms with Crippen LogP contribution in [0.4, 0.5) is 8.78 Å². The Kier molecular flexibility index (Phi) is 4.17. The van der Waals surface area contributed by atoms with Crippen LogP contribution in [0, 0.1) is 11.6 Å². The highest BCUT2D eigenvalue weighted by Crippen LogP contribution is 2.17. The summed E-state index contributed by atoms with van der Waals surface area (Å²) in [6.07, 6.45) is 0.0932. The van der Waals surface area contributed by atoms with E-state index in [2.05, 4.69) is 0 Å². The van der Waals surface area contributed by atoms with E-state index in [0.29, 0.717) is 12.1 Å². The predicted octanol–water partition coefficient (Wildman–Crippen LogP) is 1.57. The molecule has 0 aliphatic carbocycles. The molecule has 1 aromatic heterocycles. The highest BCUT2D eigenvalue weighted by Gasteiger charge is 2.22.